The highest BCUT2D eigenvalue weighted by Gasteiger charge is 2.39. The number of carbonyl (C=O) groups is 2. The van der Waals surface area contributed by atoms with Crippen molar-refractivity contribution in [2.45, 2.75) is 13.8 Å². The molecular weight excluding hydrogens is 356 g/mol. The van der Waals surface area contributed by atoms with Crippen LogP contribution >= 0.6 is 0 Å². The van der Waals surface area contributed by atoms with Gasteiger partial charge in [0.05, 0.1) is 5.57 Å². The molecule has 0 fully saturated rings. The Kier molecular flexibility index (Phi) is 4.39. The first-order valence-corrected chi connectivity index (χ1v) is 8.95. The van der Waals surface area contributed by atoms with Crippen LogP contribution < -0.4 is 14.8 Å². The lowest BCUT2D eigenvalue weighted by molar-refractivity contribution is -0.136. The molecule has 28 heavy (non-hydrogen) atoms. The van der Waals surface area contributed by atoms with Gasteiger partial charge in [-0.15, -0.1) is 6.58 Å². The van der Waals surface area contributed by atoms with E-state index in [0.717, 1.165) is 16.7 Å². The van der Waals surface area contributed by atoms with Crippen molar-refractivity contribution in [1.82, 2.24) is 4.90 Å². The summed E-state index contributed by atoms with van der Waals surface area (Å²) in [5, 5.41) is 3.13. The molecule has 0 aromatic heterocycles. The fraction of sp³-hybridized carbons (Fsp3) is 0.182. The van der Waals surface area contributed by atoms with E-state index in [1.165, 1.54) is 4.90 Å². The van der Waals surface area contributed by atoms with E-state index in [2.05, 4.69) is 11.9 Å². The average molecular weight is 376 g/mol. The molecule has 2 aliphatic rings. The number of anilines is 1. The number of carbonyl (C=O) groups excluding carboxylic acids is 2. The van der Waals surface area contributed by atoms with Crippen molar-refractivity contribution < 1.29 is 19.1 Å². The van der Waals surface area contributed by atoms with Gasteiger partial charge in [0.25, 0.3) is 11.8 Å². The molecule has 0 spiro atoms. The number of ether oxygens (including phenoxy) is 2. The van der Waals surface area contributed by atoms with Crippen LogP contribution in [0.1, 0.15) is 16.7 Å². The number of hydrogen-bond donors (Lipinski definition) is 1. The Morgan fingerprint density at radius 3 is 2.61 bits per heavy atom. The number of hydrogen-bond acceptors (Lipinski definition) is 5. The largest absolute Gasteiger partial charge is 0.454 e. The number of benzene rings is 2. The molecular formula is C22H20N2O4. The van der Waals surface area contributed by atoms with Crippen LogP contribution in [-0.2, 0) is 9.59 Å². The summed E-state index contributed by atoms with van der Waals surface area (Å²) in [5.74, 6) is 0.535. The second-order valence-corrected chi connectivity index (χ2v) is 6.77. The molecule has 0 aliphatic carbocycles. The second-order valence-electron chi connectivity index (χ2n) is 6.77. The molecule has 2 heterocycles. The van der Waals surface area contributed by atoms with Crippen LogP contribution in [0.2, 0.25) is 0 Å². The van der Waals surface area contributed by atoms with Gasteiger partial charge in [-0.25, -0.2) is 0 Å². The van der Waals surface area contributed by atoms with Crippen LogP contribution in [0.15, 0.2) is 54.8 Å². The maximum atomic E-state index is 13.0. The van der Waals surface area contributed by atoms with Crippen LogP contribution in [0, 0.1) is 13.8 Å². The van der Waals surface area contributed by atoms with Gasteiger partial charge >= 0.3 is 0 Å². The summed E-state index contributed by atoms with van der Waals surface area (Å²) in [5.41, 5.74) is 4.01. The van der Waals surface area contributed by atoms with E-state index in [0.29, 0.717) is 22.8 Å². The number of rotatable bonds is 5. The molecule has 0 radical (unpaired) electrons. The minimum absolute atomic E-state index is 0.151. The van der Waals surface area contributed by atoms with Crippen LogP contribution in [-0.4, -0.2) is 30.1 Å². The van der Waals surface area contributed by atoms with E-state index in [-0.39, 0.29) is 30.8 Å². The lowest BCUT2D eigenvalue weighted by Crippen LogP contribution is -2.32. The Labute approximate surface area is 163 Å². The first-order valence-electron chi connectivity index (χ1n) is 8.95. The van der Waals surface area contributed by atoms with E-state index in [1.54, 1.807) is 24.3 Å². The molecule has 0 atom stereocenters. The maximum absolute atomic E-state index is 13.0. The number of nitrogens with one attached hydrogen (secondary N) is 1. The monoisotopic (exact) mass is 376 g/mol. The summed E-state index contributed by atoms with van der Waals surface area (Å²) in [4.78, 5) is 27.2. The van der Waals surface area contributed by atoms with Crippen LogP contribution in [0.3, 0.4) is 0 Å². The smallest absolute Gasteiger partial charge is 0.278 e. The van der Waals surface area contributed by atoms with Gasteiger partial charge in [-0.05, 0) is 37.1 Å². The van der Waals surface area contributed by atoms with Crippen molar-refractivity contribution in [3.8, 4) is 11.5 Å². The summed E-state index contributed by atoms with van der Waals surface area (Å²) in [6.45, 7) is 7.89. The summed E-state index contributed by atoms with van der Waals surface area (Å²) < 4.78 is 10.7. The molecule has 1 N–H and O–H groups in total. The highest BCUT2D eigenvalue weighted by Crippen LogP contribution is 2.37. The van der Waals surface area contributed by atoms with Crippen molar-refractivity contribution in [2.24, 2.45) is 0 Å². The van der Waals surface area contributed by atoms with Gasteiger partial charge in [0, 0.05) is 18.3 Å². The standard InChI is InChI=1S/C22H20N2O4/c1-4-9-24-21(25)19(16-7-5-13(2)10-14(16)3)20(22(24)26)23-15-6-8-17-18(11-15)28-12-27-17/h4-8,10-11,23H,1,9,12H2,2-3H3. The van der Waals surface area contributed by atoms with Crippen molar-refractivity contribution in [2.75, 3.05) is 18.7 Å². The van der Waals surface area contributed by atoms with Crippen molar-refractivity contribution in [1.29, 1.82) is 0 Å². The summed E-state index contributed by atoms with van der Waals surface area (Å²) in [6.07, 6.45) is 1.54. The Balaban J connectivity index is 1.80. The van der Waals surface area contributed by atoms with E-state index >= 15 is 0 Å². The van der Waals surface area contributed by atoms with E-state index < -0.39 is 0 Å². The van der Waals surface area contributed by atoms with Gasteiger partial charge in [0.15, 0.2) is 11.5 Å². The molecule has 0 saturated carbocycles. The fourth-order valence-corrected chi connectivity index (χ4v) is 3.45. The highest BCUT2D eigenvalue weighted by molar-refractivity contribution is 6.36. The number of fused-ring (bicyclic) bond motifs is 1. The molecule has 0 unspecified atom stereocenters. The molecule has 2 aliphatic heterocycles. The summed E-state index contributed by atoms with van der Waals surface area (Å²) in [7, 11) is 0. The SMILES string of the molecule is C=CCN1C(=O)C(Nc2ccc3c(c2)OCO3)=C(c2ccc(C)cc2C)C1=O. The number of imide groups is 1. The summed E-state index contributed by atoms with van der Waals surface area (Å²) in [6, 6.07) is 11.1. The average Bonchev–Trinajstić information content (AvgIpc) is 3.21. The third kappa shape index (κ3) is 2.93. The topological polar surface area (TPSA) is 67.9 Å². The lowest BCUT2D eigenvalue weighted by Gasteiger charge is -2.12. The first-order chi connectivity index (χ1) is 13.5. The zero-order chi connectivity index (χ0) is 19.8. The maximum Gasteiger partial charge on any atom is 0.278 e. The third-order valence-electron chi connectivity index (χ3n) is 4.77. The Morgan fingerprint density at radius 2 is 1.86 bits per heavy atom. The quantitative estimate of drug-likeness (QED) is 0.640. The van der Waals surface area contributed by atoms with Gasteiger partial charge in [-0.1, -0.05) is 29.8 Å². The number of amides is 2. The summed E-state index contributed by atoms with van der Waals surface area (Å²) >= 11 is 0. The van der Waals surface area contributed by atoms with Crippen LogP contribution in [0.4, 0.5) is 5.69 Å². The molecule has 2 aromatic carbocycles. The van der Waals surface area contributed by atoms with E-state index in [9.17, 15) is 9.59 Å². The van der Waals surface area contributed by atoms with Crippen molar-refractivity contribution >= 4 is 23.1 Å². The van der Waals surface area contributed by atoms with E-state index in [1.807, 2.05) is 32.0 Å². The number of aryl methyl sites for hydroxylation is 2. The van der Waals surface area contributed by atoms with E-state index in [4.69, 9.17) is 9.47 Å². The molecule has 4 rings (SSSR count). The molecule has 142 valence electrons. The fourth-order valence-electron chi connectivity index (χ4n) is 3.45. The van der Waals surface area contributed by atoms with Gasteiger partial charge in [0.1, 0.15) is 5.70 Å². The molecule has 2 amide bonds. The predicted molar refractivity (Wildman–Crippen MR) is 106 cm³/mol. The van der Waals surface area contributed by atoms with Crippen LogP contribution in [0.5, 0.6) is 11.5 Å². The van der Waals surface area contributed by atoms with Gasteiger partial charge in [-0.3, -0.25) is 14.5 Å². The molecule has 0 bridgehead atoms. The van der Waals surface area contributed by atoms with Gasteiger partial charge < -0.3 is 14.8 Å². The Hall–Kier alpha value is -3.54. The first kappa shape index (κ1) is 17.9. The van der Waals surface area contributed by atoms with Crippen molar-refractivity contribution in [3.63, 3.8) is 0 Å². The molecule has 6 nitrogen and oxygen atoms in total. The van der Waals surface area contributed by atoms with Crippen molar-refractivity contribution in [3.05, 3.63) is 71.4 Å². The molecule has 0 saturated heterocycles. The third-order valence-corrected chi connectivity index (χ3v) is 4.77. The zero-order valence-corrected chi connectivity index (χ0v) is 15.7. The minimum atomic E-state index is -0.377. The highest BCUT2D eigenvalue weighted by atomic mass is 16.7. The zero-order valence-electron chi connectivity index (χ0n) is 15.7. The lowest BCUT2D eigenvalue weighted by atomic mass is 9.97. The normalized spacial score (nSPS) is 15.4. The molecule has 6 heteroatoms. The Bertz CT molecular complexity index is 1040. The number of nitrogens with zero attached hydrogens (tertiary/aromatic N) is 1. The second kappa shape index (κ2) is 6.88. The van der Waals surface area contributed by atoms with Gasteiger partial charge in [0.2, 0.25) is 6.79 Å². The predicted octanol–water partition coefficient (Wildman–Crippen LogP) is 3.41. The molecule has 2 aromatic rings. The van der Waals surface area contributed by atoms with Crippen LogP contribution in [0.25, 0.3) is 5.57 Å². The minimum Gasteiger partial charge on any atom is -0.454 e. The van der Waals surface area contributed by atoms with Gasteiger partial charge in [-0.2, -0.15) is 0 Å². The Morgan fingerprint density at radius 1 is 1.07 bits per heavy atom.